The van der Waals surface area contributed by atoms with E-state index in [-0.39, 0.29) is 11.2 Å². The van der Waals surface area contributed by atoms with E-state index in [1.54, 1.807) is 0 Å². The lowest BCUT2D eigenvalue weighted by atomic mass is 9.82. The maximum Gasteiger partial charge on any atom is 0.416 e. The van der Waals surface area contributed by atoms with Gasteiger partial charge in [-0.2, -0.15) is 13.2 Å². The molecule has 0 aliphatic carbocycles. The van der Waals surface area contributed by atoms with Crippen LogP contribution in [0.5, 0.6) is 0 Å². The minimum Gasteiger partial charge on any atom is -0.299 e. The van der Waals surface area contributed by atoms with Crippen molar-refractivity contribution in [2.24, 2.45) is 5.41 Å². The second kappa shape index (κ2) is 5.20. The Morgan fingerprint density at radius 2 is 1.80 bits per heavy atom. The summed E-state index contributed by atoms with van der Waals surface area (Å²) in [7, 11) is 0. The van der Waals surface area contributed by atoms with Crippen molar-refractivity contribution in [2.45, 2.75) is 33.0 Å². The van der Waals surface area contributed by atoms with E-state index in [0.717, 1.165) is 17.7 Å². The number of ketones is 1. The summed E-state index contributed by atoms with van der Waals surface area (Å²) in [5.74, 6) is 0.251. The summed E-state index contributed by atoms with van der Waals surface area (Å²) in [5, 5.41) is 0. The van der Waals surface area contributed by atoms with Crippen molar-refractivity contribution >= 4 is 5.78 Å². The van der Waals surface area contributed by atoms with Crippen LogP contribution in [0.3, 0.4) is 0 Å². The van der Waals surface area contributed by atoms with Crippen molar-refractivity contribution in [2.75, 3.05) is 13.1 Å². The number of carbonyl (C=O) groups is 1. The van der Waals surface area contributed by atoms with Crippen molar-refractivity contribution in [3.63, 3.8) is 0 Å². The summed E-state index contributed by atoms with van der Waals surface area (Å²) in [6.07, 6.45) is -3.79. The fourth-order valence-electron chi connectivity index (χ4n) is 2.52. The van der Waals surface area contributed by atoms with Gasteiger partial charge in [0, 0.05) is 31.5 Å². The molecule has 2 rings (SSSR count). The number of nitrogens with zero attached hydrogens (tertiary/aromatic N) is 1. The van der Waals surface area contributed by atoms with Crippen LogP contribution in [-0.4, -0.2) is 23.8 Å². The van der Waals surface area contributed by atoms with Gasteiger partial charge in [0.15, 0.2) is 0 Å². The fraction of sp³-hybridized carbons (Fsp3) is 0.533. The number of benzene rings is 1. The summed E-state index contributed by atoms with van der Waals surface area (Å²) >= 11 is 0. The van der Waals surface area contributed by atoms with Crippen molar-refractivity contribution in [3.8, 4) is 0 Å². The van der Waals surface area contributed by atoms with E-state index in [4.69, 9.17) is 0 Å². The fourth-order valence-corrected chi connectivity index (χ4v) is 2.52. The van der Waals surface area contributed by atoms with E-state index in [1.807, 2.05) is 13.8 Å². The normalized spacial score (nSPS) is 20.1. The second-order valence-corrected chi connectivity index (χ2v) is 5.96. The molecule has 1 heterocycles. The zero-order chi connectivity index (χ0) is 15.0. The maximum absolute atomic E-state index is 12.5. The van der Waals surface area contributed by atoms with E-state index in [9.17, 15) is 18.0 Å². The number of Topliss-reactive ketones (excluding diaryl/α,β-unsaturated/α-hetero) is 1. The molecule has 1 saturated heterocycles. The summed E-state index contributed by atoms with van der Waals surface area (Å²) < 4.78 is 37.4. The minimum atomic E-state index is -4.29. The summed E-state index contributed by atoms with van der Waals surface area (Å²) in [6.45, 7) is 5.72. The highest BCUT2D eigenvalue weighted by Crippen LogP contribution is 2.30. The van der Waals surface area contributed by atoms with Crippen LogP contribution < -0.4 is 0 Å². The van der Waals surface area contributed by atoms with Gasteiger partial charge in [0.25, 0.3) is 0 Å². The molecule has 0 amide bonds. The van der Waals surface area contributed by atoms with Crippen LogP contribution in [-0.2, 0) is 17.5 Å². The van der Waals surface area contributed by atoms with Crippen LogP contribution in [0.2, 0.25) is 0 Å². The zero-order valence-corrected chi connectivity index (χ0v) is 11.6. The highest BCUT2D eigenvalue weighted by atomic mass is 19.4. The molecule has 0 spiro atoms. The lowest BCUT2D eigenvalue weighted by Crippen LogP contribution is -2.45. The molecule has 1 aliphatic rings. The van der Waals surface area contributed by atoms with E-state index in [1.165, 1.54) is 12.1 Å². The molecule has 0 radical (unpaired) electrons. The molecule has 20 heavy (non-hydrogen) atoms. The van der Waals surface area contributed by atoms with Gasteiger partial charge in [-0.05, 0) is 17.7 Å². The first-order valence-corrected chi connectivity index (χ1v) is 6.60. The molecule has 5 heteroatoms. The molecular formula is C15H18F3NO. The number of alkyl halides is 3. The third kappa shape index (κ3) is 3.39. The van der Waals surface area contributed by atoms with E-state index >= 15 is 0 Å². The number of hydrogen-bond acceptors (Lipinski definition) is 2. The molecular weight excluding hydrogens is 267 g/mol. The minimum absolute atomic E-state index is 0.251. The molecule has 1 aromatic carbocycles. The average molecular weight is 285 g/mol. The molecule has 0 bridgehead atoms. The molecule has 0 N–H and O–H groups in total. The molecule has 0 saturated carbocycles. The number of halogens is 3. The topological polar surface area (TPSA) is 20.3 Å². The highest BCUT2D eigenvalue weighted by Gasteiger charge is 2.34. The van der Waals surface area contributed by atoms with Gasteiger partial charge >= 0.3 is 6.18 Å². The molecule has 2 nitrogen and oxygen atoms in total. The number of rotatable bonds is 2. The van der Waals surface area contributed by atoms with Crippen molar-refractivity contribution in [1.82, 2.24) is 4.90 Å². The maximum atomic E-state index is 12.5. The molecule has 0 unspecified atom stereocenters. The highest BCUT2D eigenvalue weighted by molar-refractivity contribution is 5.85. The lowest BCUT2D eigenvalue weighted by Gasteiger charge is -2.36. The van der Waals surface area contributed by atoms with Crippen molar-refractivity contribution < 1.29 is 18.0 Å². The first-order valence-electron chi connectivity index (χ1n) is 6.60. The Kier molecular flexibility index (Phi) is 3.91. The van der Waals surface area contributed by atoms with Crippen LogP contribution in [0.25, 0.3) is 0 Å². The second-order valence-electron chi connectivity index (χ2n) is 5.96. The van der Waals surface area contributed by atoms with Crippen molar-refractivity contribution in [3.05, 3.63) is 35.4 Å². The van der Waals surface area contributed by atoms with Gasteiger partial charge in [-0.3, -0.25) is 9.69 Å². The standard InChI is InChI=1S/C15H18F3NO/c1-14(2)10-19(8-7-13(14)20)9-11-3-5-12(6-4-11)15(16,17)18/h3-6H,7-10H2,1-2H3. The molecule has 1 aliphatic heterocycles. The summed E-state index contributed by atoms with van der Waals surface area (Å²) in [4.78, 5) is 13.8. The monoisotopic (exact) mass is 285 g/mol. The van der Waals surface area contributed by atoms with Gasteiger partial charge < -0.3 is 0 Å². The average Bonchev–Trinajstić information content (AvgIpc) is 2.33. The van der Waals surface area contributed by atoms with Gasteiger partial charge in [-0.1, -0.05) is 26.0 Å². The third-order valence-electron chi connectivity index (χ3n) is 3.72. The molecule has 1 fully saturated rings. The zero-order valence-electron chi connectivity index (χ0n) is 11.6. The van der Waals surface area contributed by atoms with E-state index in [2.05, 4.69) is 4.90 Å². The van der Waals surface area contributed by atoms with E-state index in [0.29, 0.717) is 26.1 Å². The Morgan fingerprint density at radius 3 is 2.30 bits per heavy atom. The van der Waals surface area contributed by atoms with Gasteiger partial charge in [0.2, 0.25) is 0 Å². The Hall–Kier alpha value is -1.36. The largest absolute Gasteiger partial charge is 0.416 e. The van der Waals surface area contributed by atoms with Crippen LogP contribution in [0, 0.1) is 5.41 Å². The SMILES string of the molecule is CC1(C)CN(Cc2ccc(C(F)(F)F)cc2)CCC1=O. The smallest absolute Gasteiger partial charge is 0.299 e. The van der Waals surface area contributed by atoms with Crippen LogP contribution in [0.1, 0.15) is 31.4 Å². The number of likely N-dealkylation sites (tertiary alicyclic amines) is 1. The van der Waals surface area contributed by atoms with Crippen LogP contribution in [0.4, 0.5) is 13.2 Å². The van der Waals surface area contributed by atoms with Gasteiger partial charge in [-0.25, -0.2) is 0 Å². The van der Waals surface area contributed by atoms with Gasteiger partial charge in [0.05, 0.1) is 5.56 Å². The summed E-state index contributed by atoms with van der Waals surface area (Å²) in [6, 6.07) is 5.23. The first kappa shape index (κ1) is 15.0. The molecule has 1 aromatic rings. The van der Waals surface area contributed by atoms with Crippen LogP contribution in [0.15, 0.2) is 24.3 Å². The molecule has 0 atom stereocenters. The predicted octanol–water partition coefficient (Wildman–Crippen LogP) is 3.51. The van der Waals surface area contributed by atoms with Crippen LogP contribution >= 0.6 is 0 Å². The van der Waals surface area contributed by atoms with Crippen molar-refractivity contribution in [1.29, 1.82) is 0 Å². The third-order valence-corrected chi connectivity index (χ3v) is 3.72. The van der Waals surface area contributed by atoms with Gasteiger partial charge in [-0.15, -0.1) is 0 Å². The van der Waals surface area contributed by atoms with Gasteiger partial charge in [0.1, 0.15) is 5.78 Å². The number of carbonyl (C=O) groups excluding carboxylic acids is 1. The number of hydrogen-bond donors (Lipinski definition) is 0. The first-order chi connectivity index (χ1) is 9.18. The summed E-state index contributed by atoms with van der Waals surface area (Å²) in [5.41, 5.74) is -0.164. The molecule has 110 valence electrons. The Morgan fingerprint density at radius 1 is 1.20 bits per heavy atom. The Labute approximate surface area is 116 Å². The Balaban J connectivity index is 2.02. The lowest BCUT2D eigenvalue weighted by molar-refractivity contribution is -0.137. The predicted molar refractivity (Wildman–Crippen MR) is 70.1 cm³/mol. The quantitative estimate of drug-likeness (QED) is 0.829. The Bertz CT molecular complexity index is 491. The number of piperidine rings is 1. The van der Waals surface area contributed by atoms with E-state index < -0.39 is 11.7 Å². The molecule has 0 aromatic heterocycles.